The third-order valence-corrected chi connectivity index (χ3v) is 9.59. The van der Waals surface area contributed by atoms with Gasteiger partial charge in [-0.2, -0.15) is 0 Å². The molecule has 0 saturated heterocycles. The summed E-state index contributed by atoms with van der Waals surface area (Å²) >= 11 is 1.08. The number of rotatable bonds is 5. The quantitative estimate of drug-likeness (QED) is 0.451. The number of esters is 1. The molecule has 3 heterocycles. The molecule has 1 amide bonds. The van der Waals surface area contributed by atoms with Crippen molar-refractivity contribution in [2.24, 2.45) is 17.3 Å². The number of nitrogens with one attached hydrogen (secondary N) is 1. The summed E-state index contributed by atoms with van der Waals surface area (Å²) in [5, 5.41) is 13.7. The Morgan fingerprint density at radius 1 is 1.22 bits per heavy atom. The smallest absolute Gasteiger partial charge is 0.316 e. The van der Waals surface area contributed by atoms with Gasteiger partial charge in [-0.3, -0.25) is 24.1 Å². The average molecular weight is 588 g/mol. The molecular weight excluding hydrogens is 556 g/mol. The molecule has 6 rings (SSSR count). The highest BCUT2D eigenvalue weighted by Gasteiger charge is 2.83. The van der Waals surface area contributed by atoms with Gasteiger partial charge in [-0.25, -0.2) is 8.78 Å². The van der Waals surface area contributed by atoms with Gasteiger partial charge in [0.2, 0.25) is 5.43 Å². The van der Waals surface area contributed by atoms with Crippen LogP contribution in [0.1, 0.15) is 54.7 Å². The third kappa shape index (κ3) is 3.88. The van der Waals surface area contributed by atoms with Crippen molar-refractivity contribution in [2.75, 3.05) is 26.3 Å². The number of hydrogen-bond donors (Lipinski definition) is 1. The van der Waals surface area contributed by atoms with Gasteiger partial charge in [0.1, 0.15) is 27.7 Å². The largest absolute Gasteiger partial charge is 0.491 e. The van der Waals surface area contributed by atoms with E-state index in [-0.39, 0.29) is 51.8 Å². The normalized spacial score (nSPS) is 25.6. The topological polar surface area (TPSA) is 116 Å². The molecular formula is C28H31F2N5O5S. The summed E-state index contributed by atoms with van der Waals surface area (Å²) < 4.78 is 39.6. The van der Waals surface area contributed by atoms with Gasteiger partial charge in [-0.15, -0.1) is 10.2 Å². The third-order valence-electron chi connectivity index (χ3n) is 8.64. The molecule has 4 unspecified atom stereocenters. The molecule has 1 aliphatic heterocycles. The van der Waals surface area contributed by atoms with Crippen LogP contribution in [0, 0.1) is 28.9 Å². The fraction of sp³-hybridized carbons (Fsp3) is 0.464. The van der Waals surface area contributed by atoms with E-state index in [9.17, 15) is 23.2 Å². The van der Waals surface area contributed by atoms with E-state index < -0.39 is 34.0 Å². The number of fused-ring (bicyclic) bond motifs is 3. The minimum Gasteiger partial charge on any atom is -0.491 e. The van der Waals surface area contributed by atoms with E-state index in [0.29, 0.717) is 11.4 Å². The molecule has 0 bridgehead atoms. The second-order valence-electron chi connectivity index (χ2n) is 10.1. The van der Waals surface area contributed by atoms with E-state index in [2.05, 4.69) is 15.5 Å². The van der Waals surface area contributed by atoms with Crippen LogP contribution in [0.15, 0.2) is 29.2 Å². The Hall–Kier alpha value is -3.87. The Balaban J connectivity index is 0.00000165. The molecule has 10 nitrogen and oxygen atoms in total. The molecule has 2 saturated carbocycles. The average Bonchev–Trinajstić information content (AvgIpc) is 3.23. The molecule has 3 aromatic rings. The highest BCUT2D eigenvalue weighted by molar-refractivity contribution is 7.14. The first-order valence-corrected chi connectivity index (χ1v) is 14.2. The highest BCUT2D eigenvalue weighted by Crippen LogP contribution is 2.73. The van der Waals surface area contributed by atoms with Crippen molar-refractivity contribution in [3.8, 4) is 16.3 Å². The molecule has 13 heteroatoms. The maximum Gasteiger partial charge on any atom is 0.316 e. The van der Waals surface area contributed by atoms with Crippen LogP contribution in [0.2, 0.25) is 0 Å². The molecule has 2 aromatic heterocycles. The summed E-state index contributed by atoms with van der Waals surface area (Å²) in [5.74, 6) is -2.46. The zero-order valence-electron chi connectivity index (χ0n) is 23.6. The number of carbonyl (C=O) groups is 2. The molecule has 41 heavy (non-hydrogen) atoms. The molecule has 2 aliphatic carbocycles. The molecule has 4 atom stereocenters. The fourth-order valence-corrected chi connectivity index (χ4v) is 7.66. The van der Waals surface area contributed by atoms with Crippen LogP contribution in [-0.2, 0) is 16.0 Å². The van der Waals surface area contributed by atoms with Crippen LogP contribution < -0.4 is 20.5 Å². The van der Waals surface area contributed by atoms with Crippen LogP contribution in [0.4, 0.5) is 8.78 Å². The Kier molecular flexibility index (Phi) is 7.13. The number of pyridine rings is 1. The first kappa shape index (κ1) is 28.7. The van der Waals surface area contributed by atoms with E-state index in [1.165, 1.54) is 31.2 Å². The molecule has 0 radical (unpaired) electrons. The van der Waals surface area contributed by atoms with Crippen LogP contribution in [0.3, 0.4) is 0 Å². The Morgan fingerprint density at radius 2 is 1.95 bits per heavy atom. The van der Waals surface area contributed by atoms with E-state index >= 15 is 0 Å². The summed E-state index contributed by atoms with van der Waals surface area (Å²) in [6, 6.07) is 3.29. The van der Waals surface area contributed by atoms with Crippen LogP contribution >= 0.6 is 11.3 Å². The van der Waals surface area contributed by atoms with Gasteiger partial charge in [0, 0.05) is 25.7 Å². The predicted octanol–water partition coefficient (Wildman–Crippen LogP) is 3.50. The van der Waals surface area contributed by atoms with Gasteiger partial charge in [0.05, 0.1) is 19.8 Å². The Morgan fingerprint density at radius 3 is 2.59 bits per heavy atom. The molecule has 218 valence electrons. The molecule has 1 spiro atoms. The second kappa shape index (κ2) is 10.2. The number of nitrogens with zero attached hydrogens (tertiary/aromatic N) is 4. The zero-order chi connectivity index (χ0) is 29.9. The SMILES string of the molecule is CC.COC(=O)C12C(C)C1CCC21NC(=O)c2c(OC)c(=O)c(-c3nnc(Cc4ccc(F)cc4F)s3)cn2N1C. The summed E-state index contributed by atoms with van der Waals surface area (Å²) in [5.41, 5.74) is -2.21. The number of ether oxygens (including phenoxy) is 2. The van der Waals surface area contributed by atoms with Crippen molar-refractivity contribution in [3.63, 3.8) is 0 Å². The number of aromatic nitrogens is 3. The number of hydrogen-bond acceptors (Lipinski definition) is 9. The maximum absolute atomic E-state index is 14.2. The number of benzene rings is 1. The second-order valence-corrected chi connectivity index (χ2v) is 11.2. The van der Waals surface area contributed by atoms with E-state index in [0.717, 1.165) is 29.9 Å². The van der Waals surface area contributed by atoms with E-state index in [4.69, 9.17) is 9.47 Å². The minimum atomic E-state index is -1.07. The predicted molar refractivity (Wildman–Crippen MR) is 147 cm³/mol. The van der Waals surface area contributed by atoms with Gasteiger partial charge in [0.25, 0.3) is 5.91 Å². The van der Waals surface area contributed by atoms with Crippen molar-refractivity contribution >= 4 is 23.2 Å². The Bertz CT molecular complexity index is 1610. The number of methoxy groups -OCH3 is 2. The van der Waals surface area contributed by atoms with E-state index in [1.54, 1.807) is 12.1 Å². The fourth-order valence-electron chi connectivity index (χ4n) is 6.79. The monoisotopic (exact) mass is 587 g/mol. The number of carbonyl (C=O) groups excluding carboxylic acids is 2. The van der Waals surface area contributed by atoms with Crippen LogP contribution in [-0.4, -0.2) is 53.7 Å². The number of amides is 1. The lowest BCUT2D eigenvalue weighted by molar-refractivity contribution is -0.151. The van der Waals surface area contributed by atoms with Crippen molar-refractivity contribution < 1.29 is 27.8 Å². The summed E-state index contributed by atoms with van der Waals surface area (Å²) in [4.78, 5) is 40.1. The van der Waals surface area contributed by atoms with Crippen LogP contribution in [0.25, 0.3) is 10.6 Å². The number of halogens is 2. The van der Waals surface area contributed by atoms with Crippen molar-refractivity contribution in [1.82, 2.24) is 20.2 Å². The molecule has 1 aromatic carbocycles. The van der Waals surface area contributed by atoms with Crippen molar-refractivity contribution in [2.45, 2.75) is 45.7 Å². The lowest BCUT2D eigenvalue weighted by atomic mass is 9.85. The van der Waals surface area contributed by atoms with Crippen molar-refractivity contribution in [1.29, 1.82) is 0 Å². The van der Waals surface area contributed by atoms with Crippen LogP contribution in [0.5, 0.6) is 5.75 Å². The van der Waals surface area contributed by atoms with E-state index in [1.807, 2.05) is 20.8 Å². The van der Waals surface area contributed by atoms with Gasteiger partial charge in [0.15, 0.2) is 16.5 Å². The van der Waals surface area contributed by atoms with Gasteiger partial charge in [-0.05, 0) is 36.3 Å². The van der Waals surface area contributed by atoms with Gasteiger partial charge >= 0.3 is 5.97 Å². The lowest BCUT2D eigenvalue weighted by Gasteiger charge is -2.50. The van der Waals surface area contributed by atoms with Gasteiger partial charge < -0.3 is 14.8 Å². The lowest BCUT2D eigenvalue weighted by Crippen LogP contribution is -2.72. The Labute approximate surface area is 239 Å². The standard InChI is InChI=1S/C26H25F2N5O5S.C2H6/c1-12-16-7-8-25(26(12,16)24(36)38-4)29-22(35)19-21(37-3)20(34)15(11-33(19)32(25)2)23-31-30-18(39-23)9-13-5-6-14(27)10-17(13)28;1-2/h5-6,10-12,16H,7-9H2,1-4H3,(H,29,35);1-2H3. The van der Waals surface area contributed by atoms with Gasteiger partial charge in [-0.1, -0.05) is 38.2 Å². The molecule has 2 fully saturated rings. The summed E-state index contributed by atoms with van der Waals surface area (Å²) in [6.45, 7) is 5.97. The summed E-state index contributed by atoms with van der Waals surface area (Å²) in [7, 11) is 4.39. The summed E-state index contributed by atoms with van der Waals surface area (Å²) in [6.07, 6.45) is 2.78. The molecule has 1 N–H and O–H groups in total. The van der Waals surface area contributed by atoms with Crippen molar-refractivity contribution in [3.05, 3.63) is 62.5 Å². The first-order chi connectivity index (χ1) is 19.6. The first-order valence-electron chi connectivity index (χ1n) is 13.4. The highest BCUT2D eigenvalue weighted by atomic mass is 32.1. The maximum atomic E-state index is 14.2. The minimum absolute atomic E-state index is 0.00531. The zero-order valence-corrected chi connectivity index (χ0v) is 24.4. The molecule has 3 aliphatic rings.